The maximum atomic E-state index is 10.6. The van der Waals surface area contributed by atoms with Crippen molar-refractivity contribution in [2.75, 3.05) is 11.5 Å². The summed E-state index contributed by atoms with van der Waals surface area (Å²) in [5, 5.41) is 5.66. The average Bonchev–Trinajstić information content (AvgIpc) is 2.40. The van der Waals surface area contributed by atoms with E-state index in [9.17, 15) is 9.81 Å². The third kappa shape index (κ3) is 2.03. The first-order valence-electron chi connectivity index (χ1n) is 5.12. The minimum atomic E-state index is 0.157. The Morgan fingerprint density at radius 2 is 1.11 bits per heavy atom. The predicted molar refractivity (Wildman–Crippen MR) is 71.6 cm³/mol. The van der Waals surface area contributed by atoms with E-state index < -0.39 is 0 Å². The minimum Gasteiger partial charge on any atom is -0.397 e. The van der Waals surface area contributed by atoms with Crippen LogP contribution in [-0.4, -0.2) is 0 Å². The van der Waals surface area contributed by atoms with Gasteiger partial charge in [-0.05, 0) is 45.7 Å². The Kier molecular flexibility index (Phi) is 3.01. The molecule has 0 saturated carbocycles. The fourth-order valence-corrected chi connectivity index (χ4v) is 1.60. The zero-order valence-corrected chi connectivity index (χ0v) is 9.33. The third-order valence-corrected chi connectivity index (χ3v) is 2.59. The summed E-state index contributed by atoms with van der Waals surface area (Å²) in [5.74, 6) is 0. The second-order valence-corrected chi connectivity index (χ2v) is 3.73. The summed E-state index contributed by atoms with van der Waals surface area (Å²) in [5.41, 5.74) is 13.5. The van der Waals surface area contributed by atoms with Crippen LogP contribution in [-0.2, 0) is 0 Å². The van der Waals surface area contributed by atoms with E-state index in [0.29, 0.717) is 22.5 Å². The smallest absolute Gasteiger partial charge is 0.131 e. The molecule has 0 aliphatic heterocycles. The molecule has 0 aliphatic rings. The van der Waals surface area contributed by atoms with E-state index in [2.05, 4.69) is 10.4 Å². The molecule has 4 N–H and O–H groups in total. The van der Waals surface area contributed by atoms with Crippen LogP contribution in [0.25, 0.3) is 11.1 Å². The van der Waals surface area contributed by atoms with Crippen molar-refractivity contribution in [3.63, 3.8) is 0 Å². The molecule has 18 heavy (non-hydrogen) atoms. The number of benzene rings is 2. The van der Waals surface area contributed by atoms with E-state index in [4.69, 9.17) is 11.5 Å². The van der Waals surface area contributed by atoms with Gasteiger partial charge in [0, 0.05) is 0 Å². The number of hydrogen-bond donors (Lipinski definition) is 2. The van der Waals surface area contributed by atoms with Gasteiger partial charge in [-0.3, -0.25) is 0 Å². The van der Waals surface area contributed by atoms with Crippen molar-refractivity contribution in [3.05, 3.63) is 46.2 Å². The molecule has 0 aromatic heterocycles. The number of nitrogens with two attached hydrogens (primary N) is 2. The molecule has 90 valence electrons. The predicted octanol–water partition coefficient (Wildman–Crippen LogP) is 3.31. The lowest BCUT2D eigenvalue weighted by atomic mass is 10.0. The minimum absolute atomic E-state index is 0.157. The molecular formula is C12H10N4O2. The Hall–Kier alpha value is -2.76. The van der Waals surface area contributed by atoms with Crippen molar-refractivity contribution >= 4 is 22.7 Å². The number of nitroso groups, excluding NO2 is 2. The average molecular weight is 242 g/mol. The van der Waals surface area contributed by atoms with Crippen molar-refractivity contribution in [2.24, 2.45) is 10.4 Å². The summed E-state index contributed by atoms with van der Waals surface area (Å²) in [7, 11) is 0. The molecule has 0 saturated heterocycles. The second kappa shape index (κ2) is 4.62. The lowest BCUT2D eigenvalue weighted by Gasteiger charge is -2.05. The van der Waals surface area contributed by atoms with Crippen LogP contribution in [0.1, 0.15) is 0 Å². The molecule has 0 unspecified atom stereocenters. The summed E-state index contributed by atoms with van der Waals surface area (Å²) in [4.78, 5) is 21.1. The van der Waals surface area contributed by atoms with Crippen LogP contribution in [0.3, 0.4) is 0 Å². The first kappa shape index (κ1) is 11.7. The maximum absolute atomic E-state index is 10.6. The number of nitrogen functional groups attached to an aromatic ring is 2. The molecule has 0 spiro atoms. The highest BCUT2D eigenvalue weighted by Gasteiger charge is 2.06. The summed E-state index contributed by atoms with van der Waals surface area (Å²) in [6.07, 6.45) is 0. The van der Waals surface area contributed by atoms with Crippen LogP contribution in [0.15, 0.2) is 46.8 Å². The Morgan fingerprint density at radius 1 is 0.722 bits per heavy atom. The number of rotatable bonds is 3. The fourth-order valence-electron chi connectivity index (χ4n) is 1.60. The molecule has 0 bridgehead atoms. The Morgan fingerprint density at radius 3 is 1.44 bits per heavy atom. The highest BCUT2D eigenvalue weighted by atomic mass is 16.3. The molecule has 2 aromatic rings. The van der Waals surface area contributed by atoms with E-state index in [1.54, 1.807) is 36.4 Å². The molecule has 0 amide bonds. The van der Waals surface area contributed by atoms with Gasteiger partial charge < -0.3 is 11.5 Å². The van der Waals surface area contributed by atoms with Crippen LogP contribution in [0, 0.1) is 9.81 Å². The first-order valence-corrected chi connectivity index (χ1v) is 5.12. The Labute approximate surface area is 103 Å². The van der Waals surface area contributed by atoms with E-state index in [-0.39, 0.29) is 11.4 Å². The van der Waals surface area contributed by atoms with Gasteiger partial charge in [0.1, 0.15) is 11.4 Å². The molecule has 6 heteroatoms. The van der Waals surface area contributed by atoms with Gasteiger partial charge in [0.15, 0.2) is 0 Å². The molecular weight excluding hydrogens is 232 g/mol. The monoisotopic (exact) mass is 242 g/mol. The van der Waals surface area contributed by atoms with Crippen molar-refractivity contribution in [2.45, 2.75) is 0 Å². The SMILES string of the molecule is Nc1ccc(-c2ccc(N)c(N=O)c2)cc1N=O. The van der Waals surface area contributed by atoms with Gasteiger partial charge in [-0.25, -0.2) is 0 Å². The van der Waals surface area contributed by atoms with Crippen molar-refractivity contribution in [3.8, 4) is 11.1 Å². The number of nitrogens with zero attached hydrogens (tertiary/aromatic N) is 2. The van der Waals surface area contributed by atoms with Gasteiger partial charge in [-0.2, -0.15) is 0 Å². The Bertz CT molecular complexity index is 570. The molecule has 0 aliphatic carbocycles. The van der Waals surface area contributed by atoms with Gasteiger partial charge in [-0.15, -0.1) is 9.81 Å². The number of anilines is 2. The van der Waals surface area contributed by atoms with Crippen LogP contribution in [0.2, 0.25) is 0 Å². The summed E-state index contributed by atoms with van der Waals surface area (Å²) >= 11 is 0. The number of hydrogen-bond acceptors (Lipinski definition) is 6. The summed E-state index contributed by atoms with van der Waals surface area (Å²) < 4.78 is 0. The topological polar surface area (TPSA) is 111 Å². The van der Waals surface area contributed by atoms with Gasteiger partial charge in [0.25, 0.3) is 0 Å². The maximum Gasteiger partial charge on any atom is 0.131 e. The molecule has 0 fully saturated rings. The highest BCUT2D eigenvalue weighted by Crippen LogP contribution is 2.32. The van der Waals surface area contributed by atoms with Crippen molar-refractivity contribution in [1.29, 1.82) is 0 Å². The van der Waals surface area contributed by atoms with Gasteiger partial charge in [0.05, 0.1) is 11.4 Å². The molecule has 0 heterocycles. The first-order chi connectivity index (χ1) is 8.65. The molecule has 2 rings (SSSR count). The van der Waals surface area contributed by atoms with Crippen molar-refractivity contribution < 1.29 is 0 Å². The van der Waals surface area contributed by atoms with E-state index >= 15 is 0 Å². The zero-order valence-electron chi connectivity index (χ0n) is 9.33. The molecule has 0 atom stereocenters. The van der Waals surface area contributed by atoms with Crippen LogP contribution in [0.5, 0.6) is 0 Å². The second-order valence-electron chi connectivity index (χ2n) is 3.73. The Balaban J connectivity index is 2.54. The van der Waals surface area contributed by atoms with Gasteiger partial charge in [-0.1, -0.05) is 12.1 Å². The van der Waals surface area contributed by atoms with E-state index in [1.807, 2.05) is 0 Å². The van der Waals surface area contributed by atoms with E-state index in [0.717, 1.165) is 0 Å². The molecule has 0 radical (unpaired) electrons. The van der Waals surface area contributed by atoms with E-state index in [1.165, 1.54) is 0 Å². The van der Waals surface area contributed by atoms with Crippen LogP contribution in [0.4, 0.5) is 22.7 Å². The molecule has 6 nitrogen and oxygen atoms in total. The summed E-state index contributed by atoms with van der Waals surface area (Å²) in [6, 6.07) is 9.70. The summed E-state index contributed by atoms with van der Waals surface area (Å²) in [6.45, 7) is 0. The third-order valence-electron chi connectivity index (χ3n) is 2.59. The van der Waals surface area contributed by atoms with Crippen LogP contribution >= 0.6 is 0 Å². The standard InChI is InChI=1S/C12H10N4O2/c13-9-3-1-7(5-11(9)15-17)8-2-4-10(14)12(6-8)16-18/h1-6H,13-14H2. The van der Waals surface area contributed by atoms with Gasteiger partial charge >= 0.3 is 0 Å². The normalized spacial score (nSPS) is 10.0. The largest absolute Gasteiger partial charge is 0.397 e. The van der Waals surface area contributed by atoms with Crippen molar-refractivity contribution in [1.82, 2.24) is 0 Å². The fraction of sp³-hybridized carbons (Fsp3) is 0. The molecule has 2 aromatic carbocycles. The lowest BCUT2D eigenvalue weighted by molar-refractivity contribution is 1.47. The quantitative estimate of drug-likeness (QED) is 0.635. The van der Waals surface area contributed by atoms with Gasteiger partial charge in [0.2, 0.25) is 0 Å². The lowest BCUT2D eigenvalue weighted by Crippen LogP contribution is -1.88. The zero-order chi connectivity index (χ0) is 13.1. The highest BCUT2D eigenvalue weighted by molar-refractivity contribution is 5.78. The van der Waals surface area contributed by atoms with Crippen LogP contribution < -0.4 is 11.5 Å².